The van der Waals surface area contributed by atoms with Gasteiger partial charge >= 0.3 is 0 Å². The topological polar surface area (TPSA) is 12.0 Å². The summed E-state index contributed by atoms with van der Waals surface area (Å²) in [6.07, 6.45) is 0. The first-order valence-electron chi connectivity index (χ1n) is 6.80. The molecule has 21 heavy (non-hydrogen) atoms. The predicted octanol–water partition coefficient (Wildman–Crippen LogP) is 5.56. The van der Waals surface area contributed by atoms with E-state index in [0.717, 1.165) is 14.9 Å². The van der Waals surface area contributed by atoms with Crippen molar-refractivity contribution in [1.82, 2.24) is 5.32 Å². The van der Waals surface area contributed by atoms with Gasteiger partial charge in [0, 0.05) is 14.9 Å². The number of hydrogen-bond acceptors (Lipinski definition) is 1. The number of fused-ring (bicyclic) bond motifs is 1. The number of rotatable bonds is 3. The van der Waals surface area contributed by atoms with Crippen LogP contribution in [0, 0.1) is 0 Å². The molecule has 0 saturated carbocycles. The number of halogens is 2. The zero-order chi connectivity index (χ0) is 14.8. The second-order valence-electron chi connectivity index (χ2n) is 4.96. The molecule has 1 unspecified atom stereocenters. The van der Waals surface area contributed by atoms with E-state index in [1.807, 2.05) is 25.2 Å². The van der Waals surface area contributed by atoms with E-state index in [-0.39, 0.29) is 6.04 Å². The fourth-order valence-corrected chi connectivity index (χ4v) is 3.37. The lowest BCUT2D eigenvalue weighted by molar-refractivity contribution is 0.696. The standard InChI is InChI=1S/C18H15BrClN/c1-21-18(12-5-4-6-13(19)11-12)16-9-10-17(20)15-8-3-2-7-14(15)16/h2-11,18,21H,1H3. The highest BCUT2D eigenvalue weighted by Crippen LogP contribution is 2.33. The highest BCUT2D eigenvalue weighted by Gasteiger charge is 2.15. The molecule has 3 heteroatoms. The molecule has 1 nitrogen and oxygen atoms in total. The third-order valence-corrected chi connectivity index (χ3v) is 4.51. The molecule has 0 saturated heterocycles. The van der Waals surface area contributed by atoms with Crippen LogP contribution in [0.4, 0.5) is 0 Å². The van der Waals surface area contributed by atoms with Gasteiger partial charge in [0.05, 0.1) is 6.04 Å². The highest BCUT2D eigenvalue weighted by molar-refractivity contribution is 9.10. The van der Waals surface area contributed by atoms with Gasteiger partial charge in [0.15, 0.2) is 0 Å². The van der Waals surface area contributed by atoms with Crippen LogP contribution in [-0.4, -0.2) is 7.05 Å². The van der Waals surface area contributed by atoms with E-state index < -0.39 is 0 Å². The molecule has 0 heterocycles. The third-order valence-electron chi connectivity index (χ3n) is 3.69. The Morgan fingerprint density at radius 1 is 0.952 bits per heavy atom. The van der Waals surface area contributed by atoms with Gasteiger partial charge in [0.25, 0.3) is 0 Å². The average molecular weight is 361 g/mol. The normalized spacial score (nSPS) is 12.5. The molecular weight excluding hydrogens is 346 g/mol. The predicted molar refractivity (Wildman–Crippen MR) is 94.0 cm³/mol. The lowest BCUT2D eigenvalue weighted by Gasteiger charge is -2.20. The van der Waals surface area contributed by atoms with Gasteiger partial charge in [-0.3, -0.25) is 0 Å². The Bertz CT molecular complexity index is 785. The average Bonchev–Trinajstić information content (AvgIpc) is 2.51. The first kappa shape index (κ1) is 14.6. The number of nitrogens with one attached hydrogen (secondary N) is 1. The zero-order valence-corrected chi connectivity index (χ0v) is 13.9. The molecule has 0 aliphatic heterocycles. The summed E-state index contributed by atoms with van der Waals surface area (Å²) in [6.45, 7) is 0. The Hall–Kier alpha value is -1.35. The van der Waals surface area contributed by atoms with Gasteiger partial charge in [-0.25, -0.2) is 0 Å². The lowest BCUT2D eigenvalue weighted by Crippen LogP contribution is -2.18. The Morgan fingerprint density at radius 2 is 1.71 bits per heavy atom. The van der Waals surface area contributed by atoms with Crippen molar-refractivity contribution in [3.8, 4) is 0 Å². The summed E-state index contributed by atoms with van der Waals surface area (Å²) in [6, 6.07) is 20.8. The van der Waals surface area contributed by atoms with Crippen molar-refractivity contribution in [2.45, 2.75) is 6.04 Å². The van der Waals surface area contributed by atoms with Gasteiger partial charge in [0.1, 0.15) is 0 Å². The molecule has 0 bridgehead atoms. The van der Waals surface area contributed by atoms with Gasteiger partial charge in [-0.2, -0.15) is 0 Å². The molecule has 1 N–H and O–H groups in total. The summed E-state index contributed by atoms with van der Waals surface area (Å²) < 4.78 is 1.08. The van der Waals surface area contributed by atoms with Crippen molar-refractivity contribution in [2.75, 3.05) is 7.05 Å². The van der Waals surface area contributed by atoms with Crippen LogP contribution < -0.4 is 5.32 Å². The third kappa shape index (κ3) is 2.84. The molecule has 0 radical (unpaired) electrons. The van der Waals surface area contributed by atoms with Crippen LogP contribution >= 0.6 is 27.5 Å². The van der Waals surface area contributed by atoms with Crippen LogP contribution in [-0.2, 0) is 0 Å². The fourth-order valence-electron chi connectivity index (χ4n) is 2.73. The molecule has 0 aliphatic carbocycles. The summed E-state index contributed by atoms with van der Waals surface area (Å²) in [5, 5.41) is 6.47. The number of hydrogen-bond donors (Lipinski definition) is 1. The number of benzene rings is 3. The molecule has 0 amide bonds. The van der Waals surface area contributed by atoms with Crippen molar-refractivity contribution in [1.29, 1.82) is 0 Å². The fraction of sp³-hybridized carbons (Fsp3) is 0.111. The van der Waals surface area contributed by atoms with Crippen molar-refractivity contribution in [2.24, 2.45) is 0 Å². The van der Waals surface area contributed by atoms with Gasteiger partial charge in [-0.1, -0.05) is 70.0 Å². The maximum atomic E-state index is 6.32. The summed E-state index contributed by atoms with van der Waals surface area (Å²) in [5.41, 5.74) is 2.45. The first-order chi connectivity index (χ1) is 10.2. The minimum Gasteiger partial charge on any atom is -0.309 e. The van der Waals surface area contributed by atoms with E-state index in [0.29, 0.717) is 0 Å². The van der Waals surface area contributed by atoms with E-state index in [1.165, 1.54) is 16.5 Å². The minimum atomic E-state index is 0.129. The van der Waals surface area contributed by atoms with Crippen LogP contribution in [0.25, 0.3) is 10.8 Å². The zero-order valence-electron chi connectivity index (χ0n) is 11.6. The highest BCUT2D eigenvalue weighted by atomic mass is 79.9. The Labute approximate surface area is 138 Å². The van der Waals surface area contributed by atoms with E-state index in [9.17, 15) is 0 Å². The van der Waals surface area contributed by atoms with Crippen molar-refractivity contribution >= 4 is 38.3 Å². The summed E-state index contributed by atoms with van der Waals surface area (Å²) >= 11 is 9.86. The second-order valence-corrected chi connectivity index (χ2v) is 6.28. The molecule has 1 atom stereocenters. The van der Waals surface area contributed by atoms with Crippen molar-refractivity contribution in [3.63, 3.8) is 0 Å². The van der Waals surface area contributed by atoms with Crippen LogP contribution in [0.5, 0.6) is 0 Å². The molecule has 106 valence electrons. The summed E-state index contributed by atoms with van der Waals surface area (Å²) in [4.78, 5) is 0. The minimum absolute atomic E-state index is 0.129. The van der Waals surface area contributed by atoms with E-state index >= 15 is 0 Å². The van der Waals surface area contributed by atoms with E-state index in [2.05, 4.69) is 63.7 Å². The van der Waals surface area contributed by atoms with E-state index in [1.54, 1.807) is 0 Å². The quantitative estimate of drug-likeness (QED) is 0.644. The lowest BCUT2D eigenvalue weighted by atomic mass is 9.94. The van der Waals surface area contributed by atoms with Gasteiger partial charge in [-0.05, 0) is 41.8 Å². The summed E-state index contributed by atoms with van der Waals surface area (Å²) in [7, 11) is 1.98. The Morgan fingerprint density at radius 3 is 2.43 bits per heavy atom. The van der Waals surface area contributed by atoms with Crippen LogP contribution in [0.3, 0.4) is 0 Å². The van der Waals surface area contributed by atoms with Crippen molar-refractivity contribution < 1.29 is 0 Å². The SMILES string of the molecule is CNC(c1cccc(Br)c1)c1ccc(Cl)c2ccccc12. The van der Waals surface area contributed by atoms with Crippen molar-refractivity contribution in [3.05, 3.63) is 81.3 Å². The molecule has 0 fully saturated rings. The van der Waals surface area contributed by atoms with Crippen LogP contribution in [0.15, 0.2) is 65.1 Å². The summed E-state index contributed by atoms with van der Waals surface area (Å²) in [5.74, 6) is 0. The molecule has 0 spiro atoms. The molecular formula is C18H15BrClN. The monoisotopic (exact) mass is 359 g/mol. The molecule has 3 rings (SSSR count). The van der Waals surface area contributed by atoms with Crippen LogP contribution in [0.1, 0.15) is 17.2 Å². The van der Waals surface area contributed by atoms with Gasteiger partial charge < -0.3 is 5.32 Å². The van der Waals surface area contributed by atoms with Gasteiger partial charge in [-0.15, -0.1) is 0 Å². The molecule has 0 aromatic heterocycles. The van der Waals surface area contributed by atoms with E-state index in [4.69, 9.17) is 11.6 Å². The largest absolute Gasteiger partial charge is 0.309 e. The molecule has 3 aromatic rings. The smallest absolute Gasteiger partial charge is 0.0580 e. The Balaban J connectivity index is 2.20. The first-order valence-corrected chi connectivity index (χ1v) is 7.97. The Kier molecular flexibility index (Phi) is 4.29. The van der Waals surface area contributed by atoms with Gasteiger partial charge in [0.2, 0.25) is 0 Å². The molecule has 0 aliphatic rings. The maximum absolute atomic E-state index is 6.32. The maximum Gasteiger partial charge on any atom is 0.0580 e. The second kappa shape index (κ2) is 6.18. The van der Waals surface area contributed by atoms with Crippen LogP contribution in [0.2, 0.25) is 5.02 Å². The molecule has 3 aromatic carbocycles.